The summed E-state index contributed by atoms with van der Waals surface area (Å²) in [5.41, 5.74) is 1.91. The highest BCUT2D eigenvalue weighted by Crippen LogP contribution is 2.27. The first kappa shape index (κ1) is 14.8. The molecule has 0 radical (unpaired) electrons. The summed E-state index contributed by atoms with van der Waals surface area (Å²) in [5.74, 6) is -0.0776. The SMILES string of the molecule is CCN1CCN(c2cccc(F)c2CNC2CC2)CC1C. The second-order valence-electron chi connectivity index (χ2n) is 6.32. The Morgan fingerprint density at radius 3 is 2.76 bits per heavy atom. The lowest BCUT2D eigenvalue weighted by molar-refractivity contribution is 0.199. The number of piperazine rings is 1. The van der Waals surface area contributed by atoms with Gasteiger partial charge >= 0.3 is 0 Å². The Hall–Kier alpha value is -1.13. The maximum absolute atomic E-state index is 14.2. The molecule has 3 nitrogen and oxygen atoms in total. The number of anilines is 1. The molecule has 1 aliphatic carbocycles. The number of rotatable bonds is 5. The highest BCUT2D eigenvalue weighted by molar-refractivity contribution is 5.55. The zero-order valence-corrected chi connectivity index (χ0v) is 13.1. The minimum atomic E-state index is -0.0776. The highest BCUT2D eigenvalue weighted by Gasteiger charge is 2.26. The van der Waals surface area contributed by atoms with E-state index < -0.39 is 0 Å². The Kier molecular flexibility index (Phi) is 4.45. The minimum Gasteiger partial charge on any atom is -0.368 e. The number of benzene rings is 1. The second kappa shape index (κ2) is 6.32. The van der Waals surface area contributed by atoms with Gasteiger partial charge < -0.3 is 10.2 Å². The lowest BCUT2D eigenvalue weighted by Gasteiger charge is -2.41. The van der Waals surface area contributed by atoms with E-state index in [2.05, 4.69) is 35.0 Å². The number of hydrogen-bond donors (Lipinski definition) is 1. The molecular weight excluding hydrogens is 265 g/mol. The van der Waals surface area contributed by atoms with Gasteiger partial charge in [0.1, 0.15) is 5.82 Å². The van der Waals surface area contributed by atoms with Crippen LogP contribution in [-0.2, 0) is 6.54 Å². The number of nitrogens with one attached hydrogen (secondary N) is 1. The van der Waals surface area contributed by atoms with Crippen LogP contribution >= 0.6 is 0 Å². The van der Waals surface area contributed by atoms with E-state index >= 15 is 0 Å². The van der Waals surface area contributed by atoms with E-state index in [1.54, 1.807) is 6.07 Å². The highest BCUT2D eigenvalue weighted by atomic mass is 19.1. The van der Waals surface area contributed by atoms with Crippen molar-refractivity contribution in [1.29, 1.82) is 0 Å². The fourth-order valence-corrected chi connectivity index (χ4v) is 3.24. The van der Waals surface area contributed by atoms with E-state index in [4.69, 9.17) is 0 Å². The Labute approximate surface area is 127 Å². The molecule has 1 N–H and O–H groups in total. The third kappa shape index (κ3) is 3.38. The first-order chi connectivity index (χ1) is 10.2. The topological polar surface area (TPSA) is 18.5 Å². The molecule has 0 spiro atoms. The summed E-state index contributed by atoms with van der Waals surface area (Å²) in [7, 11) is 0. The molecule has 4 heteroatoms. The van der Waals surface area contributed by atoms with Gasteiger partial charge in [0.05, 0.1) is 0 Å². The van der Waals surface area contributed by atoms with E-state index in [-0.39, 0.29) is 5.82 Å². The molecule has 2 aliphatic rings. The van der Waals surface area contributed by atoms with Crippen LogP contribution in [0.15, 0.2) is 18.2 Å². The van der Waals surface area contributed by atoms with Gasteiger partial charge in [0.15, 0.2) is 0 Å². The largest absolute Gasteiger partial charge is 0.368 e. The average molecular weight is 291 g/mol. The number of hydrogen-bond acceptors (Lipinski definition) is 3. The van der Waals surface area contributed by atoms with Crippen molar-refractivity contribution in [2.24, 2.45) is 0 Å². The summed E-state index contributed by atoms with van der Waals surface area (Å²) in [5, 5.41) is 3.45. The molecule has 0 bridgehead atoms. The van der Waals surface area contributed by atoms with Crippen LogP contribution in [-0.4, -0.2) is 43.2 Å². The molecule has 0 aromatic heterocycles. The summed E-state index contributed by atoms with van der Waals surface area (Å²) in [4.78, 5) is 4.84. The number of halogens is 1. The zero-order chi connectivity index (χ0) is 14.8. The van der Waals surface area contributed by atoms with Crippen molar-refractivity contribution in [2.75, 3.05) is 31.1 Å². The molecule has 1 aromatic rings. The molecule has 1 aromatic carbocycles. The molecule has 116 valence electrons. The third-order valence-corrected chi connectivity index (χ3v) is 4.75. The van der Waals surface area contributed by atoms with Crippen LogP contribution < -0.4 is 10.2 Å². The fraction of sp³-hybridized carbons (Fsp3) is 0.647. The maximum atomic E-state index is 14.2. The molecule has 1 aliphatic heterocycles. The van der Waals surface area contributed by atoms with Crippen molar-refractivity contribution in [3.63, 3.8) is 0 Å². The first-order valence-corrected chi connectivity index (χ1v) is 8.18. The van der Waals surface area contributed by atoms with E-state index in [0.717, 1.165) is 37.4 Å². The van der Waals surface area contributed by atoms with Gasteiger partial charge in [-0.1, -0.05) is 13.0 Å². The second-order valence-corrected chi connectivity index (χ2v) is 6.32. The lowest BCUT2D eigenvalue weighted by atomic mass is 10.1. The van der Waals surface area contributed by atoms with Crippen molar-refractivity contribution >= 4 is 5.69 Å². The van der Waals surface area contributed by atoms with Gasteiger partial charge in [0, 0.05) is 49.5 Å². The van der Waals surface area contributed by atoms with E-state index in [1.165, 1.54) is 12.8 Å². The van der Waals surface area contributed by atoms with Crippen LogP contribution in [0.25, 0.3) is 0 Å². The van der Waals surface area contributed by atoms with Crippen molar-refractivity contribution in [2.45, 2.75) is 45.3 Å². The molecule has 21 heavy (non-hydrogen) atoms. The summed E-state index contributed by atoms with van der Waals surface area (Å²) in [6, 6.07) is 6.62. The molecule has 3 rings (SSSR count). The normalized spacial score (nSPS) is 23.6. The zero-order valence-electron chi connectivity index (χ0n) is 13.1. The summed E-state index contributed by atoms with van der Waals surface area (Å²) >= 11 is 0. The fourth-order valence-electron chi connectivity index (χ4n) is 3.24. The Balaban J connectivity index is 1.75. The molecular formula is C17H26FN3. The van der Waals surface area contributed by atoms with Crippen molar-refractivity contribution < 1.29 is 4.39 Å². The molecule has 0 amide bonds. The molecule has 1 heterocycles. The van der Waals surface area contributed by atoms with Crippen LogP contribution in [0.2, 0.25) is 0 Å². The van der Waals surface area contributed by atoms with Crippen LogP contribution in [0.1, 0.15) is 32.3 Å². The van der Waals surface area contributed by atoms with Gasteiger partial charge in [-0.15, -0.1) is 0 Å². The van der Waals surface area contributed by atoms with Gasteiger partial charge in [0.2, 0.25) is 0 Å². The standard InChI is InChI=1S/C17H26FN3/c1-3-20-9-10-21(12-13(20)2)17-6-4-5-16(18)15(17)11-19-14-7-8-14/h4-6,13-14,19H,3,7-12H2,1-2H3. The van der Waals surface area contributed by atoms with E-state index in [0.29, 0.717) is 18.6 Å². The van der Waals surface area contributed by atoms with Gasteiger partial charge in [-0.05, 0) is 38.4 Å². The van der Waals surface area contributed by atoms with Crippen molar-refractivity contribution in [3.05, 3.63) is 29.6 Å². The van der Waals surface area contributed by atoms with Crippen molar-refractivity contribution in [3.8, 4) is 0 Å². The molecule has 1 saturated heterocycles. The quantitative estimate of drug-likeness (QED) is 0.899. The lowest BCUT2D eigenvalue weighted by Crippen LogP contribution is -2.52. The third-order valence-electron chi connectivity index (χ3n) is 4.75. The Bertz CT molecular complexity index is 487. The van der Waals surface area contributed by atoms with Crippen LogP contribution in [0, 0.1) is 5.82 Å². The van der Waals surface area contributed by atoms with Gasteiger partial charge in [-0.3, -0.25) is 4.90 Å². The summed E-state index contributed by atoms with van der Waals surface area (Å²) in [6.45, 7) is 9.23. The van der Waals surface area contributed by atoms with Crippen LogP contribution in [0.4, 0.5) is 10.1 Å². The molecule has 1 unspecified atom stereocenters. The van der Waals surface area contributed by atoms with Gasteiger partial charge in [-0.25, -0.2) is 4.39 Å². The summed E-state index contributed by atoms with van der Waals surface area (Å²) in [6.07, 6.45) is 2.46. The molecule has 2 fully saturated rings. The van der Waals surface area contributed by atoms with Gasteiger partial charge in [-0.2, -0.15) is 0 Å². The smallest absolute Gasteiger partial charge is 0.129 e. The minimum absolute atomic E-state index is 0.0776. The molecule has 1 saturated carbocycles. The number of nitrogens with zero attached hydrogens (tertiary/aromatic N) is 2. The Morgan fingerprint density at radius 2 is 2.10 bits per heavy atom. The maximum Gasteiger partial charge on any atom is 0.129 e. The number of likely N-dealkylation sites (N-methyl/N-ethyl adjacent to an activating group) is 1. The van der Waals surface area contributed by atoms with Crippen molar-refractivity contribution in [1.82, 2.24) is 10.2 Å². The first-order valence-electron chi connectivity index (χ1n) is 8.18. The predicted molar refractivity (Wildman–Crippen MR) is 85.2 cm³/mol. The average Bonchev–Trinajstić information content (AvgIpc) is 3.30. The summed E-state index contributed by atoms with van der Waals surface area (Å²) < 4.78 is 14.2. The van der Waals surface area contributed by atoms with Crippen LogP contribution in [0.3, 0.4) is 0 Å². The van der Waals surface area contributed by atoms with Crippen LogP contribution in [0.5, 0.6) is 0 Å². The van der Waals surface area contributed by atoms with E-state index in [9.17, 15) is 4.39 Å². The monoisotopic (exact) mass is 291 g/mol. The van der Waals surface area contributed by atoms with E-state index in [1.807, 2.05) is 6.07 Å². The Morgan fingerprint density at radius 1 is 1.29 bits per heavy atom. The predicted octanol–water partition coefficient (Wildman–Crippen LogP) is 2.61. The molecule has 1 atom stereocenters. The van der Waals surface area contributed by atoms with Gasteiger partial charge in [0.25, 0.3) is 0 Å².